The van der Waals surface area contributed by atoms with E-state index in [1.54, 1.807) is 48.5 Å². The molecule has 0 radical (unpaired) electrons. The summed E-state index contributed by atoms with van der Waals surface area (Å²) in [7, 11) is 0. The van der Waals surface area contributed by atoms with Crippen LogP contribution in [0.5, 0.6) is 11.5 Å². The molecule has 2 aromatic rings. The summed E-state index contributed by atoms with van der Waals surface area (Å²) in [6, 6.07) is 17.4. The lowest BCUT2D eigenvalue weighted by atomic mass is 10.3. The third kappa shape index (κ3) is 8.32. The molecule has 0 saturated carbocycles. The van der Waals surface area contributed by atoms with Crippen LogP contribution in [0.3, 0.4) is 0 Å². The van der Waals surface area contributed by atoms with Gasteiger partial charge < -0.3 is 10.2 Å². The van der Waals surface area contributed by atoms with Crippen LogP contribution >= 0.6 is 34.0 Å². The molecule has 0 amide bonds. The third-order valence-electron chi connectivity index (χ3n) is 1.51. The Balaban J connectivity index is 0. The molecule has 16 heavy (non-hydrogen) atoms. The highest BCUT2D eigenvalue weighted by Crippen LogP contribution is 2.03. The molecular formula is C12H14Br2O2. The van der Waals surface area contributed by atoms with Crippen molar-refractivity contribution in [2.24, 2.45) is 0 Å². The summed E-state index contributed by atoms with van der Waals surface area (Å²) in [6.45, 7) is 0. The molecule has 4 heteroatoms. The van der Waals surface area contributed by atoms with Gasteiger partial charge >= 0.3 is 0 Å². The lowest BCUT2D eigenvalue weighted by Crippen LogP contribution is -1.56. The van der Waals surface area contributed by atoms with E-state index in [1.807, 2.05) is 12.1 Å². The minimum Gasteiger partial charge on any atom is -0.508 e. The lowest BCUT2D eigenvalue weighted by Gasteiger charge is -1.82. The van der Waals surface area contributed by atoms with Crippen LogP contribution in [-0.4, -0.2) is 10.2 Å². The Labute approximate surface area is 116 Å². The summed E-state index contributed by atoms with van der Waals surface area (Å²) in [6.07, 6.45) is 0. The van der Waals surface area contributed by atoms with E-state index in [1.165, 1.54) is 0 Å². The zero-order valence-electron chi connectivity index (χ0n) is 8.48. The molecule has 2 aromatic carbocycles. The molecule has 0 aliphatic heterocycles. The van der Waals surface area contributed by atoms with Crippen molar-refractivity contribution in [2.45, 2.75) is 0 Å². The van der Waals surface area contributed by atoms with Gasteiger partial charge in [-0.3, -0.25) is 0 Å². The van der Waals surface area contributed by atoms with Crippen molar-refractivity contribution in [3.63, 3.8) is 0 Å². The number of hydrogen-bond donors (Lipinski definition) is 2. The molecule has 0 saturated heterocycles. The summed E-state index contributed by atoms with van der Waals surface area (Å²) < 4.78 is 0. The Kier molecular flexibility index (Phi) is 11.4. The molecule has 2 rings (SSSR count). The Morgan fingerprint density at radius 1 is 0.500 bits per heavy atom. The molecule has 2 nitrogen and oxygen atoms in total. The van der Waals surface area contributed by atoms with E-state index >= 15 is 0 Å². The van der Waals surface area contributed by atoms with E-state index < -0.39 is 0 Å². The van der Waals surface area contributed by atoms with Gasteiger partial charge in [0.25, 0.3) is 0 Å². The Morgan fingerprint density at radius 3 is 0.875 bits per heavy atom. The van der Waals surface area contributed by atoms with Crippen molar-refractivity contribution in [3.8, 4) is 11.5 Å². The molecule has 88 valence electrons. The van der Waals surface area contributed by atoms with Crippen LogP contribution in [-0.2, 0) is 0 Å². The second-order valence-corrected chi connectivity index (χ2v) is 2.67. The number of hydrogen-bond acceptors (Lipinski definition) is 2. The van der Waals surface area contributed by atoms with E-state index in [-0.39, 0.29) is 34.0 Å². The number of para-hydroxylation sites is 2. The van der Waals surface area contributed by atoms with Crippen LogP contribution in [0.4, 0.5) is 0 Å². The van der Waals surface area contributed by atoms with Crippen molar-refractivity contribution < 1.29 is 10.2 Å². The first-order valence-corrected chi connectivity index (χ1v) is 4.27. The smallest absolute Gasteiger partial charge is 0.115 e. The second-order valence-electron chi connectivity index (χ2n) is 2.67. The molecule has 0 aliphatic carbocycles. The molecule has 0 bridgehead atoms. The number of rotatable bonds is 0. The lowest BCUT2D eigenvalue weighted by molar-refractivity contribution is 0.475. The van der Waals surface area contributed by atoms with E-state index in [0.717, 1.165) is 0 Å². The zero-order valence-corrected chi connectivity index (χ0v) is 11.9. The summed E-state index contributed by atoms with van der Waals surface area (Å²) in [4.78, 5) is 0. The topological polar surface area (TPSA) is 40.5 Å². The van der Waals surface area contributed by atoms with Crippen molar-refractivity contribution >= 4 is 34.0 Å². The maximum atomic E-state index is 8.63. The van der Waals surface area contributed by atoms with E-state index in [0.29, 0.717) is 11.5 Å². The quantitative estimate of drug-likeness (QED) is 0.756. The SMILES string of the molecule is Br.Br.Oc1ccccc1.Oc1ccccc1. The molecule has 0 aliphatic rings. The van der Waals surface area contributed by atoms with Crippen LogP contribution in [0.15, 0.2) is 60.7 Å². The van der Waals surface area contributed by atoms with Crippen molar-refractivity contribution in [3.05, 3.63) is 60.7 Å². The minimum atomic E-state index is 0. The first kappa shape index (κ1) is 17.4. The fourth-order valence-corrected chi connectivity index (χ4v) is 0.856. The maximum Gasteiger partial charge on any atom is 0.115 e. The Bertz CT molecular complexity index is 314. The molecule has 0 spiro atoms. The van der Waals surface area contributed by atoms with Gasteiger partial charge in [-0.1, -0.05) is 36.4 Å². The molecule has 0 aromatic heterocycles. The van der Waals surface area contributed by atoms with Gasteiger partial charge in [-0.15, -0.1) is 34.0 Å². The van der Waals surface area contributed by atoms with Gasteiger partial charge in [0.1, 0.15) is 11.5 Å². The van der Waals surface area contributed by atoms with Gasteiger partial charge in [-0.2, -0.15) is 0 Å². The van der Waals surface area contributed by atoms with Crippen molar-refractivity contribution in [1.82, 2.24) is 0 Å². The molecular weight excluding hydrogens is 336 g/mol. The molecule has 2 N–H and O–H groups in total. The number of benzene rings is 2. The summed E-state index contributed by atoms with van der Waals surface area (Å²) in [5.41, 5.74) is 0. The maximum absolute atomic E-state index is 8.63. The predicted octanol–water partition coefficient (Wildman–Crippen LogP) is 3.94. The van der Waals surface area contributed by atoms with Crippen LogP contribution in [0.2, 0.25) is 0 Å². The van der Waals surface area contributed by atoms with Gasteiger partial charge in [-0.05, 0) is 24.3 Å². The summed E-state index contributed by atoms with van der Waals surface area (Å²) >= 11 is 0. The van der Waals surface area contributed by atoms with Crippen LogP contribution in [0, 0.1) is 0 Å². The first-order valence-electron chi connectivity index (χ1n) is 4.27. The molecule has 0 heterocycles. The number of aromatic hydroxyl groups is 2. The third-order valence-corrected chi connectivity index (χ3v) is 1.51. The monoisotopic (exact) mass is 348 g/mol. The second kappa shape index (κ2) is 10.5. The van der Waals surface area contributed by atoms with Gasteiger partial charge in [0.15, 0.2) is 0 Å². The van der Waals surface area contributed by atoms with Gasteiger partial charge in [0, 0.05) is 0 Å². The van der Waals surface area contributed by atoms with Crippen LogP contribution < -0.4 is 0 Å². The summed E-state index contributed by atoms with van der Waals surface area (Å²) in [5, 5.41) is 17.3. The van der Waals surface area contributed by atoms with Gasteiger partial charge in [0.05, 0.1) is 0 Å². The number of phenols is 2. The minimum absolute atomic E-state index is 0. The Hall–Kier alpha value is -1.00. The van der Waals surface area contributed by atoms with Gasteiger partial charge in [0.2, 0.25) is 0 Å². The van der Waals surface area contributed by atoms with E-state index in [9.17, 15) is 0 Å². The fourth-order valence-electron chi connectivity index (χ4n) is 0.856. The average Bonchev–Trinajstić information content (AvgIpc) is 2.21. The number of halogens is 2. The Morgan fingerprint density at radius 2 is 0.750 bits per heavy atom. The molecule has 0 fully saturated rings. The fraction of sp³-hybridized carbons (Fsp3) is 0. The summed E-state index contributed by atoms with van der Waals surface area (Å²) in [5.74, 6) is 0.644. The first-order chi connectivity index (χ1) is 6.79. The highest BCUT2D eigenvalue weighted by atomic mass is 79.9. The highest BCUT2D eigenvalue weighted by molar-refractivity contribution is 8.93. The highest BCUT2D eigenvalue weighted by Gasteiger charge is 1.75. The normalized spacial score (nSPS) is 7.50. The molecule has 0 atom stereocenters. The number of phenolic OH excluding ortho intramolecular Hbond substituents is 2. The van der Waals surface area contributed by atoms with Crippen LogP contribution in [0.25, 0.3) is 0 Å². The van der Waals surface area contributed by atoms with Gasteiger partial charge in [-0.25, -0.2) is 0 Å². The predicted molar refractivity (Wildman–Crippen MR) is 76.9 cm³/mol. The van der Waals surface area contributed by atoms with Crippen molar-refractivity contribution in [2.75, 3.05) is 0 Å². The largest absolute Gasteiger partial charge is 0.508 e. The van der Waals surface area contributed by atoms with E-state index in [4.69, 9.17) is 10.2 Å². The zero-order chi connectivity index (χ0) is 10.2. The standard InChI is InChI=1S/2C6H6O.2BrH/c2*7-6-4-2-1-3-5-6;;/h2*1-5,7H;2*1H. The average molecular weight is 350 g/mol. The van der Waals surface area contributed by atoms with Crippen LogP contribution in [0.1, 0.15) is 0 Å². The van der Waals surface area contributed by atoms with Crippen molar-refractivity contribution in [1.29, 1.82) is 0 Å². The van der Waals surface area contributed by atoms with E-state index in [2.05, 4.69) is 0 Å². The molecule has 0 unspecified atom stereocenters.